The Morgan fingerprint density at radius 3 is 1.90 bits per heavy atom. The summed E-state index contributed by atoms with van der Waals surface area (Å²) in [5.74, 6) is 0.814. The highest BCUT2D eigenvalue weighted by molar-refractivity contribution is 4.52. The minimum atomic E-state index is -0.104. The topological polar surface area (TPSA) is 52.0 Å². The predicted molar refractivity (Wildman–Crippen MR) is 45.5 cm³/mol. The second-order valence-corrected chi connectivity index (χ2v) is 3.34. The molecule has 0 aliphatic rings. The number of nitrogens with two attached hydrogens (primary N) is 2. The Kier molecular flexibility index (Phi) is 5.64. The summed E-state index contributed by atoms with van der Waals surface area (Å²) in [6.07, 6.45) is 4.60. The molecule has 0 saturated carbocycles. The van der Waals surface area contributed by atoms with Gasteiger partial charge in [-0.15, -0.1) is 0 Å². The molecule has 0 heterocycles. The van der Waals surface area contributed by atoms with Gasteiger partial charge in [0.25, 0.3) is 0 Å². The molecular weight excluding hydrogens is 124 g/mol. The van der Waals surface area contributed by atoms with E-state index in [0.29, 0.717) is 0 Å². The van der Waals surface area contributed by atoms with E-state index in [1.807, 2.05) is 0 Å². The maximum Gasteiger partial charge on any atom is 0.0520 e. The molecule has 0 fully saturated rings. The average molecular weight is 144 g/mol. The summed E-state index contributed by atoms with van der Waals surface area (Å²) < 4.78 is 0. The fourth-order valence-electron chi connectivity index (χ4n) is 0.933. The van der Waals surface area contributed by atoms with Crippen LogP contribution in [0.25, 0.3) is 0 Å². The van der Waals surface area contributed by atoms with Gasteiger partial charge in [0.05, 0.1) is 6.17 Å². The molecule has 0 spiro atoms. The van der Waals surface area contributed by atoms with Gasteiger partial charge in [0, 0.05) is 0 Å². The van der Waals surface area contributed by atoms with Crippen LogP contribution in [-0.4, -0.2) is 6.17 Å². The fraction of sp³-hybridized carbons (Fsp3) is 1.00. The molecule has 0 rings (SSSR count). The Morgan fingerprint density at radius 1 is 1.00 bits per heavy atom. The van der Waals surface area contributed by atoms with Gasteiger partial charge in [-0.25, -0.2) is 0 Å². The van der Waals surface area contributed by atoms with Crippen molar-refractivity contribution in [1.82, 2.24) is 0 Å². The summed E-state index contributed by atoms with van der Waals surface area (Å²) >= 11 is 0. The van der Waals surface area contributed by atoms with Crippen molar-refractivity contribution in [2.24, 2.45) is 17.4 Å². The lowest BCUT2D eigenvalue weighted by Gasteiger charge is -2.05. The molecular formula is C8H20N2. The van der Waals surface area contributed by atoms with Gasteiger partial charge < -0.3 is 11.5 Å². The second-order valence-electron chi connectivity index (χ2n) is 3.34. The van der Waals surface area contributed by atoms with Crippen molar-refractivity contribution < 1.29 is 0 Å². The molecule has 0 saturated heterocycles. The highest BCUT2D eigenvalue weighted by Crippen LogP contribution is 2.07. The quantitative estimate of drug-likeness (QED) is 0.453. The van der Waals surface area contributed by atoms with Gasteiger partial charge in [-0.2, -0.15) is 0 Å². The third-order valence-electron chi connectivity index (χ3n) is 1.57. The first kappa shape index (κ1) is 9.92. The Bertz CT molecular complexity index is 59.7. The molecule has 0 unspecified atom stereocenters. The van der Waals surface area contributed by atoms with Crippen molar-refractivity contribution in [1.29, 1.82) is 0 Å². The Balaban J connectivity index is 2.91. The van der Waals surface area contributed by atoms with Gasteiger partial charge in [0.1, 0.15) is 0 Å². The van der Waals surface area contributed by atoms with Crippen LogP contribution >= 0.6 is 0 Å². The molecule has 10 heavy (non-hydrogen) atoms. The maximum atomic E-state index is 5.39. The number of unbranched alkanes of at least 4 members (excludes halogenated alkanes) is 1. The van der Waals surface area contributed by atoms with Crippen molar-refractivity contribution in [3.8, 4) is 0 Å². The normalized spacial score (nSPS) is 11.4. The molecule has 0 aromatic carbocycles. The average Bonchev–Trinajstić information content (AvgIpc) is 1.79. The van der Waals surface area contributed by atoms with Crippen LogP contribution in [0, 0.1) is 5.92 Å². The van der Waals surface area contributed by atoms with E-state index in [1.54, 1.807) is 0 Å². The zero-order valence-corrected chi connectivity index (χ0v) is 7.14. The largest absolute Gasteiger partial charge is 0.316 e. The zero-order valence-electron chi connectivity index (χ0n) is 7.14. The monoisotopic (exact) mass is 144 g/mol. The van der Waals surface area contributed by atoms with Crippen LogP contribution in [0.5, 0.6) is 0 Å². The van der Waals surface area contributed by atoms with Crippen LogP contribution in [0.1, 0.15) is 39.5 Å². The van der Waals surface area contributed by atoms with E-state index in [2.05, 4.69) is 13.8 Å². The first-order chi connectivity index (χ1) is 4.63. The fourth-order valence-corrected chi connectivity index (χ4v) is 0.933. The number of rotatable bonds is 5. The molecule has 0 radical (unpaired) electrons. The molecule has 0 aliphatic heterocycles. The van der Waals surface area contributed by atoms with Crippen LogP contribution < -0.4 is 11.5 Å². The number of hydrogen-bond donors (Lipinski definition) is 2. The summed E-state index contributed by atoms with van der Waals surface area (Å²) in [5.41, 5.74) is 10.8. The van der Waals surface area contributed by atoms with Gasteiger partial charge >= 0.3 is 0 Å². The lowest BCUT2D eigenvalue weighted by Crippen LogP contribution is -2.29. The predicted octanol–water partition coefficient (Wildman–Crippen LogP) is 1.45. The van der Waals surface area contributed by atoms with E-state index in [4.69, 9.17) is 11.5 Å². The van der Waals surface area contributed by atoms with Crippen LogP contribution in [0.3, 0.4) is 0 Å². The van der Waals surface area contributed by atoms with E-state index in [1.165, 1.54) is 19.3 Å². The van der Waals surface area contributed by atoms with E-state index >= 15 is 0 Å². The third kappa shape index (κ3) is 7.92. The lowest BCUT2D eigenvalue weighted by molar-refractivity contribution is 0.503. The van der Waals surface area contributed by atoms with Crippen LogP contribution in [0.15, 0.2) is 0 Å². The standard InChI is InChI=1S/C8H20N2/c1-7(2)5-3-4-6-8(9)10/h7-8H,3-6,9-10H2,1-2H3. The smallest absolute Gasteiger partial charge is 0.0520 e. The summed E-state index contributed by atoms with van der Waals surface area (Å²) in [7, 11) is 0. The first-order valence-corrected chi connectivity index (χ1v) is 4.14. The molecule has 0 aromatic rings. The molecule has 2 heteroatoms. The van der Waals surface area contributed by atoms with E-state index < -0.39 is 0 Å². The Labute approximate surface area is 64.0 Å². The zero-order chi connectivity index (χ0) is 7.98. The molecule has 0 aliphatic carbocycles. The molecule has 0 atom stereocenters. The first-order valence-electron chi connectivity index (χ1n) is 4.14. The van der Waals surface area contributed by atoms with Gasteiger partial charge in [0.2, 0.25) is 0 Å². The molecule has 2 nitrogen and oxygen atoms in total. The summed E-state index contributed by atoms with van der Waals surface area (Å²) in [4.78, 5) is 0. The summed E-state index contributed by atoms with van der Waals surface area (Å²) in [6, 6.07) is 0. The third-order valence-corrected chi connectivity index (χ3v) is 1.57. The number of hydrogen-bond acceptors (Lipinski definition) is 2. The summed E-state index contributed by atoms with van der Waals surface area (Å²) in [5, 5.41) is 0. The molecule has 0 amide bonds. The van der Waals surface area contributed by atoms with Crippen molar-refractivity contribution in [2.45, 2.75) is 45.7 Å². The SMILES string of the molecule is CC(C)CCCCC(N)N. The lowest BCUT2D eigenvalue weighted by atomic mass is 10.1. The Morgan fingerprint density at radius 2 is 1.50 bits per heavy atom. The molecule has 0 bridgehead atoms. The Hall–Kier alpha value is -0.0800. The van der Waals surface area contributed by atoms with Crippen LogP contribution in [0.4, 0.5) is 0 Å². The minimum absolute atomic E-state index is 0.104. The molecule has 4 N–H and O–H groups in total. The molecule has 62 valence electrons. The van der Waals surface area contributed by atoms with E-state index in [-0.39, 0.29) is 6.17 Å². The van der Waals surface area contributed by atoms with Crippen LogP contribution in [-0.2, 0) is 0 Å². The van der Waals surface area contributed by atoms with Gasteiger partial charge in [-0.3, -0.25) is 0 Å². The van der Waals surface area contributed by atoms with Crippen molar-refractivity contribution in [3.05, 3.63) is 0 Å². The van der Waals surface area contributed by atoms with Crippen molar-refractivity contribution >= 4 is 0 Å². The summed E-state index contributed by atoms with van der Waals surface area (Å²) in [6.45, 7) is 4.48. The van der Waals surface area contributed by atoms with Crippen LogP contribution in [0.2, 0.25) is 0 Å². The minimum Gasteiger partial charge on any atom is -0.316 e. The second kappa shape index (κ2) is 5.69. The highest BCUT2D eigenvalue weighted by Gasteiger charge is 1.96. The van der Waals surface area contributed by atoms with Gasteiger partial charge in [0.15, 0.2) is 0 Å². The van der Waals surface area contributed by atoms with E-state index in [0.717, 1.165) is 12.3 Å². The van der Waals surface area contributed by atoms with Gasteiger partial charge in [-0.05, 0) is 12.3 Å². The van der Waals surface area contributed by atoms with Crippen molar-refractivity contribution in [2.75, 3.05) is 0 Å². The van der Waals surface area contributed by atoms with E-state index in [9.17, 15) is 0 Å². The van der Waals surface area contributed by atoms with Crippen molar-refractivity contribution in [3.63, 3.8) is 0 Å². The highest BCUT2D eigenvalue weighted by atomic mass is 14.8. The maximum absolute atomic E-state index is 5.39. The van der Waals surface area contributed by atoms with Gasteiger partial charge in [-0.1, -0.05) is 33.1 Å². The molecule has 0 aromatic heterocycles.